The molecule has 1 atom stereocenters. The Morgan fingerprint density at radius 2 is 2.05 bits per heavy atom. The Labute approximate surface area is 131 Å². The molecule has 120 valence electrons. The number of carbonyl (C=O) groups is 1. The van der Waals surface area contributed by atoms with Crippen molar-refractivity contribution in [3.63, 3.8) is 0 Å². The SMILES string of the molecule is COC1CCOC2(CCN(C(=O)Nc3ccccc3)CC2)C1. The van der Waals surface area contributed by atoms with Crippen molar-refractivity contribution in [3.8, 4) is 0 Å². The number of likely N-dealkylation sites (tertiary alicyclic amines) is 1. The zero-order valence-electron chi connectivity index (χ0n) is 13.1. The van der Waals surface area contributed by atoms with Gasteiger partial charge in [0, 0.05) is 38.9 Å². The van der Waals surface area contributed by atoms with Crippen LogP contribution in [0.4, 0.5) is 10.5 Å². The first-order chi connectivity index (χ1) is 10.7. The Balaban J connectivity index is 1.54. The topological polar surface area (TPSA) is 50.8 Å². The molecule has 0 saturated carbocycles. The minimum absolute atomic E-state index is 0.0276. The number of anilines is 1. The third kappa shape index (κ3) is 3.42. The van der Waals surface area contributed by atoms with Crippen LogP contribution in [0, 0.1) is 0 Å². The van der Waals surface area contributed by atoms with Crippen LogP contribution in [-0.2, 0) is 9.47 Å². The summed E-state index contributed by atoms with van der Waals surface area (Å²) in [6.45, 7) is 2.22. The van der Waals surface area contributed by atoms with Gasteiger partial charge in [0.25, 0.3) is 0 Å². The van der Waals surface area contributed by atoms with E-state index in [2.05, 4.69) is 5.32 Å². The van der Waals surface area contributed by atoms with Gasteiger partial charge in [0.05, 0.1) is 11.7 Å². The van der Waals surface area contributed by atoms with Crippen molar-refractivity contribution in [1.82, 2.24) is 4.90 Å². The first-order valence-corrected chi connectivity index (χ1v) is 7.98. The molecule has 2 aliphatic rings. The fraction of sp³-hybridized carbons (Fsp3) is 0.588. The number of piperidine rings is 1. The lowest BCUT2D eigenvalue weighted by Gasteiger charge is -2.45. The second-order valence-electron chi connectivity index (χ2n) is 6.17. The molecular formula is C17H24N2O3. The molecule has 0 aromatic heterocycles. The van der Waals surface area contributed by atoms with Crippen molar-refractivity contribution >= 4 is 11.7 Å². The maximum atomic E-state index is 12.3. The molecule has 1 aromatic rings. The van der Waals surface area contributed by atoms with Gasteiger partial charge in [-0.25, -0.2) is 4.79 Å². The summed E-state index contributed by atoms with van der Waals surface area (Å²) in [7, 11) is 1.77. The van der Waals surface area contributed by atoms with E-state index in [1.54, 1.807) is 7.11 Å². The van der Waals surface area contributed by atoms with Crippen LogP contribution >= 0.6 is 0 Å². The molecule has 0 radical (unpaired) electrons. The molecule has 1 N–H and O–H groups in total. The molecule has 2 aliphatic heterocycles. The van der Waals surface area contributed by atoms with Crippen molar-refractivity contribution in [1.29, 1.82) is 0 Å². The van der Waals surface area contributed by atoms with Crippen LogP contribution in [0.15, 0.2) is 30.3 Å². The monoisotopic (exact) mass is 304 g/mol. The Kier molecular flexibility index (Phi) is 4.64. The van der Waals surface area contributed by atoms with Gasteiger partial charge in [-0.15, -0.1) is 0 Å². The van der Waals surface area contributed by atoms with Crippen LogP contribution in [-0.4, -0.2) is 49.4 Å². The smallest absolute Gasteiger partial charge is 0.321 e. The number of nitrogens with zero attached hydrogens (tertiary/aromatic N) is 1. The Hall–Kier alpha value is -1.59. The highest BCUT2D eigenvalue weighted by Gasteiger charge is 2.41. The molecule has 22 heavy (non-hydrogen) atoms. The standard InChI is InChI=1S/C17H24N2O3/c1-21-15-7-12-22-17(13-15)8-10-19(11-9-17)16(20)18-14-5-3-2-4-6-14/h2-6,15H,7-13H2,1H3,(H,18,20). The van der Waals surface area contributed by atoms with Crippen molar-refractivity contribution in [2.45, 2.75) is 37.4 Å². The molecule has 0 aliphatic carbocycles. The maximum absolute atomic E-state index is 12.3. The summed E-state index contributed by atoms with van der Waals surface area (Å²) in [5, 5.41) is 2.94. The fourth-order valence-corrected chi connectivity index (χ4v) is 3.37. The number of ether oxygens (including phenoxy) is 2. The summed E-state index contributed by atoms with van der Waals surface area (Å²) in [6.07, 6.45) is 3.97. The predicted octanol–water partition coefficient (Wildman–Crippen LogP) is 2.88. The molecule has 5 heteroatoms. The van der Waals surface area contributed by atoms with Gasteiger partial charge < -0.3 is 19.7 Å². The van der Waals surface area contributed by atoms with E-state index in [-0.39, 0.29) is 11.6 Å². The van der Waals surface area contributed by atoms with E-state index in [0.29, 0.717) is 6.10 Å². The summed E-state index contributed by atoms with van der Waals surface area (Å²) in [4.78, 5) is 14.2. The van der Waals surface area contributed by atoms with Gasteiger partial charge in [0.15, 0.2) is 0 Å². The molecular weight excluding hydrogens is 280 g/mol. The van der Waals surface area contributed by atoms with E-state index >= 15 is 0 Å². The molecule has 2 saturated heterocycles. The van der Waals surface area contributed by atoms with Crippen LogP contribution in [0.3, 0.4) is 0 Å². The molecule has 2 fully saturated rings. The second kappa shape index (κ2) is 6.67. The Bertz CT molecular complexity index is 498. The van der Waals surface area contributed by atoms with Crippen LogP contribution in [0.5, 0.6) is 0 Å². The molecule has 1 aromatic carbocycles. The highest BCUT2D eigenvalue weighted by molar-refractivity contribution is 5.89. The van der Waals surface area contributed by atoms with Gasteiger partial charge in [-0.3, -0.25) is 0 Å². The van der Waals surface area contributed by atoms with Crippen molar-refractivity contribution in [2.75, 3.05) is 32.1 Å². The zero-order chi connectivity index (χ0) is 15.4. The number of benzene rings is 1. The number of hydrogen-bond donors (Lipinski definition) is 1. The van der Waals surface area contributed by atoms with Crippen LogP contribution < -0.4 is 5.32 Å². The summed E-state index contributed by atoms with van der Waals surface area (Å²) in [5.74, 6) is 0. The summed E-state index contributed by atoms with van der Waals surface area (Å²) in [6, 6.07) is 9.55. The summed E-state index contributed by atoms with van der Waals surface area (Å²) < 4.78 is 11.5. The molecule has 1 spiro atoms. The van der Waals surface area contributed by atoms with Gasteiger partial charge in [-0.05, 0) is 31.4 Å². The van der Waals surface area contributed by atoms with E-state index in [1.165, 1.54) is 0 Å². The van der Waals surface area contributed by atoms with E-state index < -0.39 is 0 Å². The normalized spacial score (nSPS) is 24.2. The minimum Gasteiger partial charge on any atom is -0.381 e. The third-order valence-corrected chi connectivity index (χ3v) is 4.77. The first kappa shape index (κ1) is 15.3. The van der Waals surface area contributed by atoms with Crippen LogP contribution in [0.2, 0.25) is 0 Å². The largest absolute Gasteiger partial charge is 0.381 e. The third-order valence-electron chi connectivity index (χ3n) is 4.77. The van der Waals surface area contributed by atoms with Gasteiger partial charge >= 0.3 is 6.03 Å². The lowest BCUT2D eigenvalue weighted by atomic mass is 9.83. The summed E-state index contributed by atoms with van der Waals surface area (Å²) >= 11 is 0. The molecule has 5 nitrogen and oxygen atoms in total. The minimum atomic E-state index is -0.0948. The number of rotatable bonds is 2. The zero-order valence-corrected chi connectivity index (χ0v) is 13.1. The number of para-hydroxylation sites is 1. The predicted molar refractivity (Wildman–Crippen MR) is 85.0 cm³/mol. The number of hydrogen-bond acceptors (Lipinski definition) is 3. The van der Waals surface area contributed by atoms with E-state index in [9.17, 15) is 4.79 Å². The van der Waals surface area contributed by atoms with E-state index in [4.69, 9.17) is 9.47 Å². The number of amides is 2. The number of urea groups is 1. The van der Waals surface area contributed by atoms with Crippen molar-refractivity contribution in [3.05, 3.63) is 30.3 Å². The van der Waals surface area contributed by atoms with Crippen molar-refractivity contribution in [2.24, 2.45) is 0 Å². The van der Waals surface area contributed by atoms with E-state index in [0.717, 1.165) is 51.1 Å². The molecule has 1 unspecified atom stereocenters. The fourth-order valence-electron chi connectivity index (χ4n) is 3.37. The number of nitrogens with one attached hydrogen (secondary N) is 1. The quantitative estimate of drug-likeness (QED) is 0.914. The number of carbonyl (C=O) groups excluding carboxylic acids is 1. The summed E-state index contributed by atoms with van der Waals surface area (Å²) in [5.41, 5.74) is 0.740. The Morgan fingerprint density at radius 3 is 2.73 bits per heavy atom. The highest BCUT2D eigenvalue weighted by Crippen LogP contribution is 2.36. The molecule has 2 amide bonds. The number of methoxy groups -OCH3 is 1. The average Bonchev–Trinajstić information content (AvgIpc) is 2.56. The van der Waals surface area contributed by atoms with Gasteiger partial charge in [0.2, 0.25) is 0 Å². The van der Waals surface area contributed by atoms with Crippen molar-refractivity contribution < 1.29 is 14.3 Å². The molecule has 3 rings (SSSR count). The van der Waals surface area contributed by atoms with Gasteiger partial charge in [-0.1, -0.05) is 18.2 Å². The Morgan fingerprint density at radius 1 is 1.32 bits per heavy atom. The average molecular weight is 304 g/mol. The second-order valence-corrected chi connectivity index (χ2v) is 6.17. The van der Waals surface area contributed by atoms with E-state index in [1.807, 2.05) is 35.2 Å². The van der Waals surface area contributed by atoms with Crippen LogP contribution in [0.25, 0.3) is 0 Å². The van der Waals surface area contributed by atoms with Gasteiger partial charge in [-0.2, -0.15) is 0 Å². The maximum Gasteiger partial charge on any atom is 0.321 e. The van der Waals surface area contributed by atoms with Gasteiger partial charge in [0.1, 0.15) is 0 Å². The highest BCUT2D eigenvalue weighted by atomic mass is 16.5. The molecule has 2 heterocycles. The lowest BCUT2D eigenvalue weighted by molar-refractivity contribution is -0.145. The molecule has 0 bridgehead atoms. The lowest BCUT2D eigenvalue weighted by Crippen LogP contribution is -2.52. The first-order valence-electron chi connectivity index (χ1n) is 7.98. The van der Waals surface area contributed by atoms with Crippen LogP contribution in [0.1, 0.15) is 25.7 Å².